The van der Waals surface area contributed by atoms with E-state index in [-0.39, 0.29) is 0 Å². The van der Waals surface area contributed by atoms with Gasteiger partial charge in [0.2, 0.25) is 0 Å². The first-order chi connectivity index (χ1) is 5.57. The van der Waals surface area contributed by atoms with Crippen molar-refractivity contribution >= 4 is 11.6 Å². The first kappa shape index (κ1) is 8.85. The van der Waals surface area contributed by atoms with Gasteiger partial charge in [0.1, 0.15) is 0 Å². The van der Waals surface area contributed by atoms with Crippen LogP contribution in [-0.4, -0.2) is 4.57 Å². The molecular formula is C11H15N. The zero-order valence-electron chi connectivity index (χ0n) is 8.02. The van der Waals surface area contributed by atoms with Crippen LogP contribution in [0.4, 0.5) is 0 Å². The van der Waals surface area contributed by atoms with E-state index in [4.69, 9.17) is 0 Å². The van der Waals surface area contributed by atoms with Crippen molar-refractivity contribution in [3.63, 3.8) is 0 Å². The summed E-state index contributed by atoms with van der Waals surface area (Å²) >= 11 is 0. The van der Waals surface area contributed by atoms with Crippen molar-refractivity contribution in [1.29, 1.82) is 0 Å². The maximum atomic E-state index is 3.95. The van der Waals surface area contributed by atoms with Gasteiger partial charge in [0.05, 0.1) is 0 Å². The normalized spacial score (nSPS) is 9.92. The molecule has 1 rings (SSSR count). The van der Waals surface area contributed by atoms with E-state index in [0.717, 1.165) is 11.3 Å². The highest BCUT2D eigenvalue weighted by Gasteiger charge is 2.07. The van der Waals surface area contributed by atoms with Crippen molar-refractivity contribution in [3.8, 4) is 0 Å². The van der Waals surface area contributed by atoms with Crippen LogP contribution in [0.5, 0.6) is 0 Å². The summed E-state index contributed by atoms with van der Waals surface area (Å²) in [4.78, 5) is 0. The molecule has 0 aliphatic heterocycles. The predicted octanol–water partition coefficient (Wildman–Crippen LogP) is 3.01. The molecule has 1 heterocycles. The Kier molecular flexibility index (Phi) is 2.22. The van der Waals surface area contributed by atoms with Crippen LogP contribution >= 0.6 is 0 Å². The van der Waals surface area contributed by atoms with Gasteiger partial charge >= 0.3 is 0 Å². The number of rotatable bonds is 2. The van der Waals surface area contributed by atoms with E-state index >= 15 is 0 Å². The molecule has 0 radical (unpaired) electrons. The van der Waals surface area contributed by atoms with Gasteiger partial charge in [-0.15, -0.1) is 0 Å². The maximum Gasteiger partial charge on any atom is 0.0476 e. The number of hydrogen-bond acceptors (Lipinski definition) is 0. The van der Waals surface area contributed by atoms with Gasteiger partial charge in [-0.25, -0.2) is 0 Å². The summed E-state index contributed by atoms with van der Waals surface area (Å²) in [5.41, 5.74) is 4.75. The van der Waals surface area contributed by atoms with Crippen molar-refractivity contribution in [2.45, 2.75) is 13.8 Å². The highest BCUT2D eigenvalue weighted by atomic mass is 14.9. The molecule has 1 nitrogen and oxygen atoms in total. The molecule has 0 unspecified atom stereocenters. The quantitative estimate of drug-likeness (QED) is 0.628. The summed E-state index contributed by atoms with van der Waals surface area (Å²) in [6.45, 7) is 11.9. The Morgan fingerprint density at radius 1 is 1.58 bits per heavy atom. The second-order valence-electron chi connectivity index (χ2n) is 3.17. The lowest BCUT2D eigenvalue weighted by Crippen LogP contribution is -1.89. The largest absolute Gasteiger partial charge is 0.350 e. The number of nitrogens with zero attached hydrogens (tertiary/aromatic N) is 1. The van der Waals surface area contributed by atoms with Gasteiger partial charge in [-0.3, -0.25) is 0 Å². The van der Waals surface area contributed by atoms with E-state index in [1.165, 1.54) is 11.1 Å². The third-order valence-corrected chi connectivity index (χ3v) is 2.04. The molecule has 0 amide bonds. The molecule has 0 N–H and O–H groups in total. The average molecular weight is 161 g/mol. The van der Waals surface area contributed by atoms with Gasteiger partial charge in [-0.05, 0) is 31.1 Å². The summed E-state index contributed by atoms with van der Waals surface area (Å²) in [5, 5.41) is 0. The topological polar surface area (TPSA) is 4.93 Å². The standard InChI is InChI=1S/C11H15N/c1-6-10-11(8(2)3)9(4)7-12(10)5/h6-7H,1-2H2,3-5H3. The van der Waals surface area contributed by atoms with Crippen molar-refractivity contribution in [3.05, 3.63) is 36.2 Å². The van der Waals surface area contributed by atoms with E-state index in [2.05, 4.69) is 30.8 Å². The third-order valence-electron chi connectivity index (χ3n) is 2.04. The monoisotopic (exact) mass is 161 g/mol. The Labute approximate surface area is 74.0 Å². The first-order valence-corrected chi connectivity index (χ1v) is 4.02. The number of aromatic nitrogens is 1. The fourth-order valence-electron chi connectivity index (χ4n) is 1.60. The summed E-state index contributed by atoms with van der Waals surface area (Å²) < 4.78 is 2.08. The third kappa shape index (κ3) is 1.22. The predicted molar refractivity (Wildman–Crippen MR) is 54.9 cm³/mol. The minimum atomic E-state index is 1.10. The van der Waals surface area contributed by atoms with E-state index in [0.29, 0.717) is 0 Å². The Balaban J connectivity index is 3.42. The van der Waals surface area contributed by atoms with Gasteiger partial charge in [0, 0.05) is 24.5 Å². The van der Waals surface area contributed by atoms with E-state index in [9.17, 15) is 0 Å². The van der Waals surface area contributed by atoms with Crippen LogP contribution in [0, 0.1) is 6.92 Å². The average Bonchev–Trinajstić information content (AvgIpc) is 2.24. The lowest BCUT2D eigenvalue weighted by atomic mass is 10.1. The van der Waals surface area contributed by atoms with Crippen LogP contribution in [0.1, 0.15) is 23.7 Å². The lowest BCUT2D eigenvalue weighted by Gasteiger charge is -2.01. The molecule has 0 atom stereocenters. The molecule has 0 spiro atoms. The van der Waals surface area contributed by atoms with Crippen LogP contribution < -0.4 is 0 Å². The van der Waals surface area contributed by atoms with Crippen LogP contribution in [0.2, 0.25) is 0 Å². The molecule has 0 saturated heterocycles. The van der Waals surface area contributed by atoms with Crippen molar-refractivity contribution < 1.29 is 0 Å². The molecule has 0 aliphatic rings. The second kappa shape index (κ2) is 3.02. The highest BCUT2D eigenvalue weighted by molar-refractivity contribution is 5.72. The van der Waals surface area contributed by atoms with Gasteiger partial charge in [0.15, 0.2) is 0 Å². The smallest absolute Gasteiger partial charge is 0.0476 e. The molecule has 0 aromatic carbocycles. The molecule has 0 bridgehead atoms. The van der Waals surface area contributed by atoms with E-state index in [1.54, 1.807) is 0 Å². The van der Waals surface area contributed by atoms with Gasteiger partial charge in [-0.2, -0.15) is 0 Å². The number of allylic oxidation sites excluding steroid dienone is 1. The minimum absolute atomic E-state index is 1.10. The molecule has 0 fully saturated rings. The van der Waals surface area contributed by atoms with Gasteiger partial charge in [-0.1, -0.05) is 13.2 Å². The van der Waals surface area contributed by atoms with Crippen LogP contribution in [-0.2, 0) is 7.05 Å². The Morgan fingerprint density at radius 2 is 2.17 bits per heavy atom. The van der Waals surface area contributed by atoms with Crippen LogP contribution in [0.3, 0.4) is 0 Å². The summed E-state index contributed by atoms with van der Waals surface area (Å²) in [6.07, 6.45) is 3.97. The summed E-state index contributed by atoms with van der Waals surface area (Å²) in [7, 11) is 2.02. The van der Waals surface area contributed by atoms with Crippen molar-refractivity contribution in [2.24, 2.45) is 7.05 Å². The highest BCUT2D eigenvalue weighted by Crippen LogP contribution is 2.23. The SMILES string of the molecule is C=Cc1c(C(=C)C)c(C)cn1C. The van der Waals surface area contributed by atoms with Crippen molar-refractivity contribution in [1.82, 2.24) is 4.57 Å². The molecule has 12 heavy (non-hydrogen) atoms. The molecule has 64 valence electrons. The zero-order chi connectivity index (χ0) is 9.30. The first-order valence-electron chi connectivity index (χ1n) is 4.02. The zero-order valence-corrected chi connectivity index (χ0v) is 8.02. The van der Waals surface area contributed by atoms with Gasteiger partial charge < -0.3 is 4.57 Å². The molecule has 1 heteroatoms. The van der Waals surface area contributed by atoms with Crippen LogP contribution in [0.15, 0.2) is 19.4 Å². The molecule has 0 aliphatic carbocycles. The Morgan fingerprint density at radius 3 is 2.50 bits per heavy atom. The summed E-state index contributed by atoms with van der Waals surface area (Å²) in [5.74, 6) is 0. The van der Waals surface area contributed by atoms with E-state index in [1.807, 2.05) is 20.0 Å². The fourth-order valence-corrected chi connectivity index (χ4v) is 1.60. The molecule has 0 saturated carbocycles. The Bertz CT molecular complexity index is 329. The molecule has 1 aromatic rings. The Hall–Kier alpha value is -1.24. The van der Waals surface area contributed by atoms with Crippen LogP contribution in [0.25, 0.3) is 11.6 Å². The van der Waals surface area contributed by atoms with Crippen molar-refractivity contribution in [2.75, 3.05) is 0 Å². The second-order valence-corrected chi connectivity index (χ2v) is 3.17. The number of aryl methyl sites for hydroxylation is 2. The lowest BCUT2D eigenvalue weighted by molar-refractivity contribution is 0.911. The molecular weight excluding hydrogens is 146 g/mol. The maximum absolute atomic E-state index is 3.95. The fraction of sp³-hybridized carbons (Fsp3) is 0.273. The minimum Gasteiger partial charge on any atom is -0.350 e. The number of hydrogen-bond donors (Lipinski definition) is 0. The van der Waals surface area contributed by atoms with Gasteiger partial charge in [0.25, 0.3) is 0 Å². The van der Waals surface area contributed by atoms with E-state index < -0.39 is 0 Å². The summed E-state index contributed by atoms with van der Waals surface area (Å²) in [6, 6.07) is 0. The molecule has 1 aromatic heterocycles.